The summed E-state index contributed by atoms with van der Waals surface area (Å²) in [5.41, 5.74) is 2.41. The maximum atomic E-state index is 12.7. The van der Waals surface area contributed by atoms with Crippen molar-refractivity contribution in [3.63, 3.8) is 0 Å². The summed E-state index contributed by atoms with van der Waals surface area (Å²) in [7, 11) is -3.73. The van der Waals surface area contributed by atoms with Crippen molar-refractivity contribution >= 4 is 33.2 Å². The number of benzene rings is 3. The van der Waals surface area contributed by atoms with Gasteiger partial charge in [0.15, 0.2) is 0 Å². The van der Waals surface area contributed by atoms with Crippen LogP contribution in [0.4, 0.5) is 11.4 Å². The van der Waals surface area contributed by atoms with Crippen molar-refractivity contribution in [2.75, 3.05) is 16.6 Å². The number of hydrogen-bond donors (Lipinski definition) is 3. The Bertz CT molecular complexity index is 1220. The Morgan fingerprint density at radius 1 is 0.848 bits per heavy atom. The third-order valence-corrected chi connectivity index (χ3v) is 6.36. The molecule has 3 rings (SSSR count). The molecule has 0 aliphatic carbocycles. The zero-order chi connectivity index (χ0) is 23.8. The highest BCUT2D eigenvalue weighted by molar-refractivity contribution is 7.92. The number of unbranched alkanes of at least 4 members (excludes halogenated alkanes) is 1. The van der Waals surface area contributed by atoms with Gasteiger partial charge in [0.25, 0.3) is 21.8 Å². The Kier molecular flexibility index (Phi) is 7.84. The first-order chi connectivity index (χ1) is 15.8. The van der Waals surface area contributed by atoms with E-state index < -0.39 is 15.9 Å². The van der Waals surface area contributed by atoms with Crippen LogP contribution < -0.4 is 15.4 Å². The Labute approximate surface area is 194 Å². The molecule has 33 heavy (non-hydrogen) atoms. The van der Waals surface area contributed by atoms with Gasteiger partial charge >= 0.3 is 0 Å². The minimum Gasteiger partial charge on any atom is -0.352 e. The van der Waals surface area contributed by atoms with Crippen LogP contribution in [0.3, 0.4) is 0 Å². The third-order valence-electron chi connectivity index (χ3n) is 4.97. The topological polar surface area (TPSA) is 104 Å². The van der Waals surface area contributed by atoms with Crippen molar-refractivity contribution < 1.29 is 18.0 Å². The molecule has 0 aromatic heterocycles. The molecule has 2 amide bonds. The van der Waals surface area contributed by atoms with E-state index >= 15 is 0 Å². The first kappa shape index (κ1) is 24.0. The van der Waals surface area contributed by atoms with Crippen molar-refractivity contribution in [1.29, 1.82) is 0 Å². The lowest BCUT2D eigenvalue weighted by Gasteiger charge is -2.12. The maximum absolute atomic E-state index is 12.7. The van der Waals surface area contributed by atoms with Gasteiger partial charge in [0.2, 0.25) is 0 Å². The molecule has 0 spiro atoms. The van der Waals surface area contributed by atoms with Gasteiger partial charge in [-0.3, -0.25) is 14.3 Å². The molecule has 0 saturated heterocycles. The lowest BCUT2D eigenvalue weighted by Crippen LogP contribution is -2.26. The van der Waals surface area contributed by atoms with Crippen LogP contribution in [0.15, 0.2) is 77.7 Å². The Balaban J connectivity index is 1.69. The van der Waals surface area contributed by atoms with Crippen molar-refractivity contribution in [2.24, 2.45) is 0 Å². The number of para-hydroxylation sites is 1. The SMILES string of the molecule is CCCCNC(=O)c1ccccc1NC(=O)c1ccc(NS(=O)(=O)c2ccc(C)cc2)cc1. The zero-order valence-corrected chi connectivity index (χ0v) is 19.4. The number of carbonyl (C=O) groups excluding carboxylic acids is 2. The molecular weight excluding hydrogens is 438 g/mol. The normalized spacial score (nSPS) is 11.0. The highest BCUT2D eigenvalue weighted by Gasteiger charge is 2.16. The second kappa shape index (κ2) is 10.8. The molecular formula is C25H27N3O4S. The van der Waals surface area contributed by atoms with Crippen LogP contribution in [-0.4, -0.2) is 26.8 Å². The van der Waals surface area contributed by atoms with Gasteiger partial charge in [0.05, 0.1) is 16.1 Å². The average molecular weight is 466 g/mol. The summed E-state index contributed by atoms with van der Waals surface area (Å²) in [6, 6.07) is 19.4. The molecule has 0 unspecified atom stereocenters. The van der Waals surface area contributed by atoms with Crippen LogP contribution in [0.1, 0.15) is 46.0 Å². The van der Waals surface area contributed by atoms with E-state index in [1.54, 1.807) is 36.4 Å². The van der Waals surface area contributed by atoms with E-state index in [9.17, 15) is 18.0 Å². The largest absolute Gasteiger partial charge is 0.352 e. The molecule has 0 aliphatic rings. The van der Waals surface area contributed by atoms with Gasteiger partial charge in [-0.2, -0.15) is 0 Å². The summed E-state index contributed by atoms with van der Waals surface area (Å²) in [5, 5.41) is 5.60. The van der Waals surface area contributed by atoms with Crippen molar-refractivity contribution in [2.45, 2.75) is 31.6 Å². The van der Waals surface area contributed by atoms with Gasteiger partial charge in [-0.05, 0) is 61.9 Å². The van der Waals surface area contributed by atoms with Crippen LogP contribution in [-0.2, 0) is 10.0 Å². The summed E-state index contributed by atoms with van der Waals surface area (Å²) < 4.78 is 27.6. The molecule has 3 aromatic rings. The number of hydrogen-bond acceptors (Lipinski definition) is 4. The van der Waals surface area contributed by atoms with Crippen LogP contribution in [0.2, 0.25) is 0 Å². The van der Waals surface area contributed by atoms with E-state index in [1.807, 2.05) is 13.8 Å². The van der Waals surface area contributed by atoms with Gasteiger partial charge in [-0.1, -0.05) is 43.2 Å². The lowest BCUT2D eigenvalue weighted by atomic mass is 10.1. The Morgan fingerprint density at radius 3 is 2.18 bits per heavy atom. The molecule has 3 N–H and O–H groups in total. The molecule has 7 nitrogen and oxygen atoms in total. The van der Waals surface area contributed by atoms with Crippen molar-refractivity contribution in [1.82, 2.24) is 5.32 Å². The predicted octanol–water partition coefficient (Wildman–Crippen LogP) is 4.58. The smallest absolute Gasteiger partial charge is 0.261 e. The molecule has 0 heterocycles. The number of sulfonamides is 1. The fourth-order valence-corrected chi connectivity index (χ4v) is 4.14. The van der Waals surface area contributed by atoms with Crippen molar-refractivity contribution in [3.8, 4) is 0 Å². The summed E-state index contributed by atoms with van der Waals surface area (Å²) in [6.45, 7) is 4.49. The van der Waals surface area contributed by atoms with E-state index in [0.717, 1.165) is 18.4 Å². The molecule has 0 saturated carbocycles. The highest BCUT2D eigenvalue weighted by Crippen LogP contribution is 2.19. The molecule has 0 fully saturated rings. The van der Waals surface area contributed by atoms with Gasteiger partial charge in [-0.25, -0.2) is 8.42 Å². The van der Waals surface area contributed by atoms with Gasteiger partial charge in [-0.15, -0.1) is 0 Å². The number of amides is 2. The van der Waals surface area contributed by atoms with E-state index in [0.29, 0.717) is 29.0 Å². The zero-order valence-electron chi connectivity index (χ0n) is 18.6. The maximum Gasteiger partial charge on any atom is 0.261 e. The summed E-state index contributed by atoms with van der Waals surface area (Å²) in [5.74, 6) is -0.656. The average Bonchev–Trinajstić information content (AvgIpc) is 2.80. The number of rotatable bonds is 9. The minimum atomic E-state index is -3.73. The molecule has 0 radical (unpaired) electrons. The summed E-state index contributed by atoms with van der Waals surface area (Å²) in [6.07, 6.45) is 1.84. The summed E-state index contributed by atoms with van der Waals surface area (Å²) in [4.78, 5) is 25.3. The Hall–Kier alpha value is -3.65. The molecule has 0 bridgehead atoms. The van der Waals surface area contributed by atoms with Gasteiger partial charge in [0, 0.05) is 17.8 Å². The van der Waals surface area contributed by atoms with Gasteiger partial charge in [0.1, 0.15) is 0 Å². The van der Waals surface area contributed by atoms with E-state index in [-0.39, 0.29) is 10.8 Å². The molecule has 0 atom stereocenters. The third kappa shape index (κ3) is 6.43. The quantitative estimate of drug-likeness (QED) is 0.402. The summed E-state index contributed by atoms with van der Waals surface area (Å²) >= 11 is 0. The first-order valence-corrected chi connectivity index (χ1v) is 12.2. The molecule has 8 heteroatoms. The second-order valence-corrected chi connectivity index (χ2v) is 9.29. The van der Waals surface area contributed by atoms with Gasteiger partial charge < -0.3 is 10.6 Å². The number of anilines is 2. The van der Waals surface area contributed by atoms with E-state index in [2.05, 4.69) is 15.4 Å². The molecule has 172 valence electrons. The van der Waals surface area contributed by atoms with Crippen LogP contribution in [0, 0.1) is 6.92 Å². The minimum absolute atomic E-state index is 0.156. The fourth-order valence-electron chi connectivity index (χ4n) is 3.08. The molecule has 0 aliphatic heterocycles. The van der Waals surface area contributed by atoms with Crippen LogP contribution >= 0.6 is 0 Å². The number of nitrogens with one attached hydrogen (secondary N) is 3. The Morgan fingerprint density at radius 2 is 1.52 bits per heavy atom. The first-order valence-electron chi connectivity index (χ1n) is 10.7. The van der Waals surface area contributed by atoms with E-state index in [1.165, 1.54) is 36.4 Å². The van der Waals surface area contributed by atoms with E-state index in [4.69, 9.17) is 0 Å². The second-order valence-electron chi connectivity index (χ2n) is 7.61. The lowest BCUT2D eigenvalue weighted by molar-refractivity contribution is 0.0954. The number of carbonyl (C=O) groups is 2. The highest BCUT2D eigenvalue weighted by atomic mass is 32.2. The van der Waals surface area contributed by atoms with Crippen LogP contribution in [0.5, 0.6) is 0 Å². The standard InChI is InChI=1S/C25H27N3O4S/c1-3-4-17-26-25(30)22-7-5-6-8-23(22)27-24(29)19-11-13-20(14-12-19)28-33(31,32)21-15-9-18(2)10-16-21/h5-16,28H,3-4,17H2,1-2H3,(H,26,30)(H,27,29). The van der Waals surface area contributed by atoms with Crippen LogP contribution in [0.25, 0.3) is 0 Å². The fraction of sp³-hybridized carbons (Fsp3) is 0.200. The monoisotopic (exact) mass is 465 g/mol. The number of aryl methyl sites for hydroxylation is 1. The van der Waals surface area contributed by atoms with Crippen molar-refractivity contribution in [3.05, 3.63) is 89.5 Å². The molecule has 3 aromatic carbocycles. The predicted molar refractivity (Wildman–Crippen MR) is 130 cm³/mol.